The number of ether oxygens (including phenoxy) is 2. The minimum absolute atomic E-state index is 0.0619. The number of anilines is 3. The molecule has 0 fully saturated rings. The zero-order valence-electron chi connectivity index (χ0n) is 16.5. The summed E-state index contributed by atoms with van der Waals surface area (Å²) in [5.41, 5.74) is 3.40. The van der Waals surface area contributed by atoms with Crippen molar-refractivity contribution < 1.29 is 14.3 Å². The minimum atomic E-state index is -0.248. The fourth-order valence-electron chi connectivity index (χ4n) is 2.70. The smallest absolute Gasteiger partial charge is 0.248 e. The van der Waals surface area contributed by atoms with E-state index in [1.165, 1.54) is 13.2 Å². The van der Waals surface area contributed by atoms with E-state index in [1.54, 1.807) is 24.3 Å². The molecule has 3 rings (SSSR count). The Labute approximate surface area is 175 Å². The maximum atomic E-state index is 12.2. The van der Waals surface area contributed by atoms with E-state index in [0.717, 1.165) is 16.9 Å². The molecule has 0 aliphatic rings. The summed E-state index contributed by atoms with van der Waals surface area (Å²) in [7, 11) is 1.52. The molecule has 30 heavy (non-hydrogen) atoms. The lowest BCUT2D eigenvalue weighted by atomic mass is 10.2. The Morgan fingerprint density at radius 2 is 1.67 bits per heavy atom. The lowest BCUT2D eigenvalue weighted by molar-refractivity contribution is -0.111. The Morgan fingerprint density at radius 3 is 2.37 bits per heavy atom. The summed E-state index contributed by atoms with van der Waals surface area (Å²) in [5, 5.41) is 14.7. The molecule has 6 nitrogen and oxygen atoms in total. The van der Waals surface area contributed by atoms with Crippen molar-refractivity contribution >= 4 is 29.0 Å². The van der Waals surface area contributed by atoms with Crippen molar-refractivity contribution in [1.82, 2.24) is 0 Å². The van der Waals surface area contributed by atoms with E-state index in [9.17, 15) is 4.79 Å². The second kappa shape index (κ2) is 10.3. The van der Waals surface area contributed by atoms with Crippen molar-refractivity contribution in [3.63, 3.8) is 0 Å². The van der Waals surface area contributed by atoms with Gasteiger partial charge in [-0.2, -0.15) is 5.26 Å². The van der Waals surface area contributed by atoms with E-state index in [2.05, 4.69) is 10.6 Å². The molecule has 0 aliphatic heterocycles. The van der Waals surface area contributed by atoms with Gasteiger partial charge in [0.2, 0.25) is 5.91 Å². The van der Waals surface area contributed by atoms with Crippen LogP contribution in [0.4, 0.5) is 17.1 Å². The van der Waals surface area contributed by atoms with Crippen molar-refractivity contribution in [3.05, 3.63) is 84.4 Å². The minimum Gasteiger partial charge on any atom is -0.493 e. The van der Waals surface area contributed by atoms with Gasteiger partial charge in [0.15, 0.2) is 18.1 Å². The van der Waals surface area contributed by atoms with Crippen LogP contribution < -0.4 is 20.1 Å². The average molecular weight is 399 g/mol. The summed E-state index contributed by atoms with van der Waals surface area (Å²) < 4.78 is 10.6. The molecule has 0 saturated carbocycles. The first-order chi connectivity index (χ1) is 14.7. The number of carbonyl (C=O) groups is 1. The van der Waals surface area contributed by atoms with Crippen LogP contribution in [0.25, 0.3) is 6.08 Å². The first kappa shape index (κ1) is 20.5. The molecule has 0 heterocycles. The molecule has 3 aromatic rings. The number of para-hydroxylation sites is 1. The molecule has 1 amide bonds. The predicted octanol–water partition coefficient (Wildman–Crippen LogP) is 4.99. The van der Waals surface area contributed by atoms with E-state index in [-0.39, 0.29) is 12.5 Å². The number of methoxy groups -OCH3 is 1. The maximum Gasteiger partial charge on any atom is 0.248 e. The van der Waals surface area contributed by atoms with Gasteiger partial charge >= 0.3 is 0 Å². The van der Waals surface area contributed by atoms with Crippen LogP contribution in [0.5, 0.6) is 11.5 Å². The highest BCUT2D eigenvalue weighted by molar-refractivity contribution is 6.02. The number of hydrogen-bond acceptors (Lipinski definition) is 5. The van der Waals surface area contributed by atoms with Crippen LogP contribution in [0.2, 0.25) is 0 Å². The third-order valence-corrected chi connectivity index (χ3v) is 4.12. The topological polar surface area (TPSA) is 83.4 Å². The van der Waals surface area contributed by atoms with Gasteiger partial charge < -0.3 is 20.1 Å². The molecule has 0 atom stereocenters. The first-order valence-corrected chi connectivity index (χ1v) is 9.27. The molecule has 0 saturated heterocycles. The number of amides is 1. The molecular weight excluding hydrogens is 378 g/mol. The third-order valence-electron chi connectivity index (χ3n) is 4.12. The average Bonchev–Trinajstić information content (AvgIpc) is 2.78. The van der Waals surface area contributed by atoms with Gasteiger partial charge in [-0.1, -0.05) is 24.3 Å². The highest BCUT2D eigenvalue weighted by atomic mass is 16.5. The predicted molar refractivity (Wildman–Crippen MR) is 118 cm³/mol. The van der Waals surface area contributed by atoms with Gasteiger partial charge in [0.05, 0.1) is 7.11 Å². The Kier molecular flexibility index (Phi) is 7.07. The Hall–Kier alpha value is -4.24. The second-order valence-electron chi connectivity index (χ2n) is 6.25. The number of nitrogens with one attached hydrogen (secondary N) is 2. The van der Waals surface area contributed by atoms with Crippen molar-refractivity contribution in [3.8, 4) is 17.6 Å². The van der Waals surface area contributed by atoms with Crippen molar-refractivity contribution in [1.29, 1.82) is 5.26 Å². The first-order valence-electron chi connectivity index (χ1n) is 9.27. The molecule has 0 unspecified atom stereocenters. The standard InChI is InChI=1S/C24H21N3O3/c1-29-23-17-18(7-13-22(23)30-16-15-25)8-14-24(28)27-21-11-9-20(10-12-21)26-19-5-3-2-4-6-19/h2-14,17,26H,16H2,1H3,(H,27,28)/b14-8+. The van der Waals surface area contributed by atoms with E-state index >= 15 is 0 Å². The van der Waals surface area contributed by atoms with Gasteiger partial charge in [-0.05, 0) is 60.2 Å². The monoisotopic (exact) mass is 399 g/mol. The Morgan fingerprint density at radius 1 is 0.967 bits per heavy atom. The van der Waals surface area contributed by atoms with Crippen LogP contribution in [0.15, 0.2) is 78.9 Å². The highest BCUT2D eigenvalue weighted by Crippen LogP contribution is 2.28. The van der Waals surface area contributed by atoms with Crippen molar-refractivity contribution in [2.45, 2.75) is 0 Å². The summed E-state index contributed by atoms with van der Waals surface area (Å²) in [4.78, 5) is 12.2. The van der Waals surface area contributed by atoms with Crippen LogP contribution >= 0.6 is 0 Å². The molecular formula is C24H21N3O3. The number of nitriles is 1. The van der Waals surface area contributed by atoms with Gasteiger partial charge in [-0.25, -0.2) is 0 Å². The molecule has 0 radical (unpaired) electrons. The molecule has 6 heteroatoms. The van der Waals surface area contributed by atoms with Crippen LogP contribution in [0.3, 0.4) is 0 Å². The number of nitrogens with zero attached hydrogens (tertiary/aromatic N) is 1. The molecule has 2 N–H and O–H groups in total. The lowest BCUT2D eigenvalue weighted by Crippen LogP contribution is -2.07. The third kappa shape index (κ3) is 5.88. The maximum absolute atomic E-state index is 12.2. The van der Waals surface area contributed by atoms with Gasteiger partial charge in [-0.3, -0.25) is 4.79 Å². The van der Waals surface area contributed by atoms with Crippen molar-refractivity contribution in [2.75, 3.05) is 24.4 Å². The molecule has 0 aliphatic carbocycles. The molecule has 150 valence electrons. The fourth-order valence-corrected chi connectivity index (χ4v) is 2.70. The van der Waals surface area contributed by atoms with E-state index in [0.29, 0.717) is 17.2 Å². The van der Waals surface area contributed by atoms with Crippen LogP contribution in [0.1, 0.15) is 5.56 Å². The van der Waals surface area contributed by atoms with Gasteiger partial charge in [-0.15, -0.1) is 0 Å². The summed E-state index contributed by atoms with van der Waals surface area (Å²) in [6.45, 7) is -0.0619. The molecule has 3 aromatic carbocycles. The molecule has 0 spiro atoms. The number of hydrogen-bond donors (Lipinski definition) is 2. The zero-order valence-corrected chi connectivity index (χ0v) is 16.5. The summed E-state index contributed by atoms with van der Waals surface area (Å²) in [5.74, 6) is 0.724. The largest absolute Gasteiger partial charge is 0.493 e. The van der Waals surface area contributed by atoms with Crippen LogP contribution in [-0.4, -0.2) is 19.6 Å². The van der Waals surface area contributed by atoms with Crippen LogP contribution in [-0.2, 0) is 4.79 Å². The zero-order chi connectivity index (χ0) is 21.2. The van der Waals surface area contributed by atoms with E-state index in [4.69, 9.17) is 14.7 Å². The number of benzene rings is 3. The van der Waals surface area contributed by atoms with Gasteiger partial charge in [0.1, 0.15) is 6.07 Å². The Bertz CT molecular complexity index is 1060. The van der Waals surface area contributed by atoms with Gasteiger partial charge in [0, 0.05) is 23.1 Å². The molecule has 0 bridgehead atoms. The van der Waals surface area contributed by atoms with Crippen molar-refractivity contribution in [2.24, 2.45) is 0 Å². The Balaban J connectivity index is 1.58. The molecule has 0 aromatic heterocycles. The second-order valence-corrected chi connectivity index (χ2v) is 6.25. The summed E-state index contributed by atoms with van der Waals surface area (Å²) in [6, 6.07) is 24.5. The van der Waals surface area contributed by atoms with Gasteiger partial charge in [0.25, 0.3) is 0 Å². The SMILES string of the molecule is COc1cc(/C=C/C(=O)Nc2ccc(Nc3ccccc3)cc2)ccc1OCC#N. The lowest BCUT2D eigenvalue weighted by Gasteiger charge is -2.09. The summed E-state index contributed by atoms with van der Waals surface area (Å²) in [6.07, 6.45) is 3.12. The number of carbonyl (C=O) groups excluding carboxylic acids is 1. The van der Waals surface area contributed by atoms with E-state index in [1.807, 2.05) is 60.7 Å². The summed E-state index contributed by atoms with van der Waals surface area (Å²) >= 11 is 0. The number of rotatable bonds is 8. The van der Waals surface area contributed by atoms with Crippen LogP contribution in [0, 0.1) is 11.3 Å². The normalized spacial score (nSPS) is 10.3. The highest BCUT2D eigenvalue weighted by Gasteiger charge is 2.05. The quantitative estimate of drug-likeness (QED) is 0.521. The fraction of sp³-hybridized carbons (Fsp3) is 0.0833. The van der Waals surface area contributed by atoms with E-state index < -0.39 is 0 Å².